The van der Waals surface area contributed by atoms with Gasteiger partial charge >= 0.3 is 5.97 Å². The highest BCUT2D eigenvalue weighted by Crippen LogP contribution is 2.18. The molecule has 2 rings (SSSR count). The van der Waals surface area contributed by atoms with E-state index in [9.17, 15) is 9.59 Å². The molecule has 1 aliphatic heterocycles. The van der Waals surface area contributed by atoms with E-state index in [-0.39, 0.29) is 17.5 Å². The number of carbonyl (C=O) groups is 2. The van der Waals surface area contributed by atoms with Gasteiger partial charge in [0.05, 0.1) is 11.3 Å². The molecule has 5 nitrogen and oxygen atoms in total. The topological polar surface area (TPSA) is 75.6 Å². The van der Waals surface area contributed by atoms with Crippen LogP contribution in [0.3, 0.4) is 0 Å². The summed E-state index contributed by atoms with van der Waals surface area (Å²) in [5.41, 5.74) is 0.251. The normalized spacial score (nSPS) is 15.8. The lowest BCUT2D eigenvalue weighted by molar-refractivity contribution is -0.119. The highest BCUT2D eigenvalue weighted by atomic mass is 32.2. The van der Waals surface area contributed by atoms with Crippen LogP contribution in [0.5, 0.6) is 0 Å². The molecule has 1 amide bonds. The number of carboxylic acid groups (broad SMARTS) is 1. The van der Waals surface area contributed by atoms with Crippen molar-refractivity contribution >= 4 is 23.6 Å². The van der Waals surface area contributed by atoms with Crippen LogP contribution in [-0.4, -0.2) is 42.0 Å². The van der Waals surface area contributed by atoms with Crippen molar-refractivity contribution in [1.29, 1.82) is 0 Å². The minimum absolute atomic E-state index is 0.00390. The number of nitrogens with one attached hydrogen (secondary N) is 1. The van der Waals surface area contributed by atoms with Crippen LogP contribution in [0.1, 0.15) is 23.2 Å². The van der Waals surface area contributed by atoms with Crippen LogP contribution >= 0.6 is 11.8 Å². The number of aromatic carboxylic acids is 1. The van der Waals surface area contributed by atoms with Crippen LogP contribution in [0, 0.1) is 0 Å². The maximum atomic E-state index is 11.8. The third-order valence-electron chi connectivity index (χ3n) is 3.06. The van der Waals surface area contributed by atoms with Crippen LogP contribution in [0.25, 0.3) is 0 Å². The average Bonchev–Trinajstić information content (AvgIpc) is 2.46. The lowest BCUT2D eigenvalue weighted by atomic mass is 10.1. The van der Waals surface area contributed by atoms with Crippen LogP contribution in [0.15, 0.2) is 29.2 Å². The van der Waals surface area contributed by atoms with E-state index in [0.717, 1.165) is 17.7 Å². The molecule has 108 valence electrons. The molecule has 20 heavy (non-hydrogen) atoms. The van der Waals surface area contributed by atoms with Gasteiger partial charge < -0.3 is 15.2 Å². The van der Waals surface area contributed by atoms with E-state index >= 15 is 0 Å². The predicted octanol–water partition coefficient (Wildman–Crippen LogP) is 1.77. The summed E-state index contributed by atoms with van der Waals surface area (Å²) in [7, 11) is 0. The van der Waals surface area contributed by atoms with Gasteiger partial charge in [-0.25, -0.2) is 4.79 Å². The Bertz CT molecular complexity index is 469. The molecular formula is C14H17NO4S. The van der Waals surface area contributed by atoms with Crippen LogP contribution in [0.4, 0.5) is 0 Å². The lowest BCUT2D eigenvalue weighted by Gasteiger charge is -2.22. The summed E-state index contributed by atoms with van der Waals surface area (Å²) in [6.07, 6.45) is 1.73. The van der Waals surface area contributed by atoms with E-state index in [1.54, 1.807) is 24.3 Å². The van der Waals surface area contributed by atoms with E-state index in [0.29, 0.717) is 19.0 Å². The number of ether oxygens (including phenoxy) is 1. The van der Waals surface area contributed by atoms with Gasteiger partial charge in [0.25, 0.3) is 0 Å². The number of hydrogen-bond acceptors (Lipinski definition) is 4. The van der Waals surface area contributed by atoms with Gasteiger partial charge in [-0.1, -0.05) is 0 Å². The third kappa shape index (κ3) is 4.54. The fourth-order valence-electron chi connectivity index (χ4n) is 1.95. The van der Waals surface area contributed by atoms with Gasteiger partial charge in [0.1, 0.15) is 0 Å². The monoisotopic (exact) mass is 295 g/mol. The molecule has 0 unspecified atom stereocenters. The maximum Gasteiger partial charge on any atom is 0.335 e. The molecule has 0 aliphatic carbocycles. The smallest absolute Gasteiger partial charge is 0.335 e. The van der Waals surface area contributed by atoms with Crippen molar-refractivity contribution in [2.45, 2.75) is 23.8 Å². The zero-order chi connectivity index (χ0) is 14.4. The quantitative estimate of drug-likeness (QED) is 0.810. The Kier molecular flexibility index (Phi) is 5.43. The van der Waals surface area contributed by atoms with E-state index in [1.807, 2.05) is 0 Å². The first-order valence-electron chi connectivity index (χ1n) is 6.48. The molecule has 1 heterocycles. The van der Waals surface area contributed by atoms with E-state index in [2.05, 4.69) is 5.32 Å². The first kappa shape index (κ1) is 14.9. The van der Waals surface area contributed by atoms with Gasteiger partial charge in [0, 0.05) is 24.2 Å². The number of hydrogen-bond donors (Lipinski definition) is 2. The molecule has 6 heteroatoms. The van der Waals surface area contributed by atoms with E-state index in [1.165, 1.54) is 11.8 Å². The Morgan fingerprint density at radius 1 is 1.25 bits per heavy atom. The Morgan fingerprint density at radius 2 is 1.90 bits per heavy atom. The first-order valence-corrected chi connectivity index (χ1v) is 7.47. The number of carbonyl (C=O) groups excluding carboxylic acids is 1. The zero-order valence-corrected chi connectivity index (χ0v) is 11.8. The third-order valence-corrected chi connectivity index (χ3v) is 4.07. The second-order valence-electron chi connectivity index (χ2n) is 4.57. The average molecular weight is 295 g/mol. The summed E-state index contributed by atoms with van der Waals surface area (Å²) in [6, 6.07) is 6.74. The Hall–Kier alpha value is -1.53. The van der Waals surface area contributed by atoms with Crippen LogP contribution in [-0.2, 0) is 9.53 Å². The molecule has 2 N–H and O–H groups in total. The fraction of sp³-hybridized carbons (Fsp3) is 0.429. The van der Waals surface area contributed by atoms with Gasteiger partial charge in [-0.3, -0.25) is 4.79 Å². The molecule has 0 radical (unpaired) electrons. The number of benzene rings is 1. The molecule has 1 aromatic carbocycles. The minimum atomic E-state index is -0.946. The van der Waals surface area contributed by atoms with Gasteiger partial charge in [0.2, 0.25) is 5.91 Å². The fourth-order valence-corrected chi connectivity index (χ4v) is 2.66. The number of rotatable bonds is 5. The molecule has 0 spiro atoms. The SMILES string of the molecule is O=C(CSc1ccc(C(=O)O)cc1)NC1CCOCC1. The number of carboxylic acids is 1. The van der Waals surface area contributed by atoms with Crippen molar-refractivity contribution in [2.24, 2.45) is 0 Å². The Morgan fingerprint density at radius 3 is 2.50 bits per heavy atom. The highest BCUT2D eigenvalue weighted by molar-refractivity contribution is 8.00. The Labute approximate surface area is 121 Å². The van der Waals surface area contributed by atoms with Crippen LogP contribution < -0.4 is 5.32 Å². The molecule has 1 fully saturated rings. The molecule has 0 atom stereocenters. The van der Waals surface area contributed by atoms with Gasteiger partial charge in [-0.2, -0.15) is 0 Å². The van der Waals surface area contributed by atoms with Gasteiger partial charge in [0.15, 0.2) is 0 Å². The van der Waals surface area contributed by atoms with Crippen molar-refractivity contribution in [3.63, 3.8) is 0 Å². The van der Waals surface area contributed by atoms with Crippen molar-refractivity contribution in [1.82, 2.24) is 5.32 Å². The predicted molar refractivity (Wildman–Crippen MR) is 76.1 cm³/mol. The summed E-state index contributed by atoms with van der Waals surface area (Å²) < 4.78 is 5.24. The largest absolute Gasteiger partial charge is 0.478 e. The molecule has 0 saturated carbocycles. The Balaban J connectivity index is 1.76. The summed E-state index contributed by atoms with van der Waals surface area (Å²) in [5.74, 6) is -0.605. The lowest BCUT2D eigenvalue weighted by Crippen LogP contribution is -2.39. The van der Waals surface area contributed by atoms with Crippen molar-refractivity contribution < 1.29 is 19.4 Å². The number of amides is 1. The minimum Gasteiger partial charge on any atom is -0.478 e. The van der Waals surface area contributed by atoms with Crippen LogP contribution in [0.2, 0.25) is 0 Å². The molecule has 0 bridgehead atoms. The molecule has 1 aromatic rings. The van der Waals surface area contributed by atoms with Crippen molar-refractivity contribution in [2.75, 3.05) is 19.0 Å². The van der Waals surface area contributed by atoms with E-state index < -0.39 is 5.97 Å². The zero-order valence-electron chi connectivity index (χ0n) is 11.0. The van der Waals surface area contributed by atoms with E-state index in [4.69, 9.17) is 9.84 Å². The second kappa shape index (κ2) is 7.31. The molecule has 1 saturated heterocycles. The molecule has 1 aliphatic rings. The van der Waals surface area contributed by atoms with Gasteiger partial charge in [-0.05, 0) is 37.1 Å². The molecular weight excluding hydrogens is 278 g/mol. The summed E-state index contributed by atoms with van der Waals surface area (Å²) in [5, 5.41) is 11.8. The summed E-state index contributed by atoms with van der Waals surface area (Å²) in [4.78, 5) is 23.4. The second-order valence-corrected chi connectivity index (χ2v) is 5.62. The van der Waals surface area contributed by atoms with Gasteiger partial charge in [-0.15, -0.1) is 11.8 Å². The summed E-state index contributed by atoms with van der Waals surface area (Å²) in [6.45, 7) is 1.41. The van der Waals surface area contributed by atoms with Crippen molar-refractivity contribution in [3.8, 4) is 0 Å². The number of thioether (sulfide) groups is 1. The summed E-state index contributed by atoms with van der Waals surface area (Å²) >= 11 is 1.40. The standard InChI is InChI=1S/C14H17NO4S/c16-13(15-11-5-7-19-8-6-11)9-20-12-3-1-10(2-4-12)14(17)18/h1-4,11H,5-9H2,(H,15,16)(H,17,18). The molecule has 0 aromatic heterocycles. The van der Waals surface area contributed by atoms with Crippen molar-refractivity contribution in [3.05, 3.63) is 29.8 Å². The highest BCUT2D eigenvalue weighted by Gasteiger charge is 2.15. The maximum absolute atomic E-state index is 11.8. The first-order chi connectivity index (χ1) is 9.65.